The van der Waals surface area contributed by atoms with Crippen molar-refractivity contribution in [2.75, 3.05) is 28.4 Å². The fourth-order valence-electron chi connectivity index (χ4n) is 7.41. The largest absolute Gasteiger partial charge is 0.497 e. The molecule has 280 valence electrons. The van der Waals surface area contributed by atoms with Crippen LogP contribution in [0.1, 0.15) is 33.4 Å². The van der Waals surface area contributed by atoms with E-state index in [1.54, 1.807) is 51.1 Å². The van der Waals surface area contributed by atoms with Crippen molar-refractivity contribution < 1.29 is 29.2 Å². The van der Waals surface area contributed by atoms with E-state index in [9.17, 15) is 10.2 Å². The standard InChI is InChI=1S/C48H40O6S2/c1-51-35-21-13-31(14-22-35)47(49,32-15-23-36(52-2)24-16-32)41-11-7-5-9-39(41)43-29-45-46(55-43)30-44(56-45)40-10-6-8-12-42(40)48(50,33-17-25-37(53-3)26-18-33)34-19-27-38(54-4)28-20-34/h5-30,49-50H,1-4H3. The Morgan fingerprint density at radius 2 is 0.643 bits per heavy atom. The molecule has 2 heterocycles. The zero-order valence-corrected chi connectivity index (χ0v) is 33.0. The Labute approximate surface area is 334 Å². The van der Waals surface area contributed by atoms with Crippen molar-refractivity contribution in [3.05, 3.63) is 191 Å². The van der Waals surface area contributed by atoms with Crippen LogP contribution in [-0.4, -0.2) is 38.7 Å². The molecule has 0 saturated carbocycles. The van der Waals surface area contributed by atoms with E-state index < -0.39 is 11.2 Å². The molecule has 8 heteroatoms. The summed E-state index contributed by atoms with van der Waals surface area (Å²) in [6, 6.07) is 50.8. The first-order chi connectivity index (χ1) is 27.3. The van der Waals surface area contributed by atoms with E-state index in [0.29, 0.717) is 23.0 Å². The topological polar surface area (TPSA) is 77.4 Å². The van der Waals surface area contributed by atoms with Gasteiger partial charge in [-0.1, -0.05) is 97.1 Å². The van der Waals surface area contributed by atoms with Gasteiger partial charge in [-0.25, -0.2) is 0 Å². The maximum absolute atomic E-state index is 13.0. The second-order valence-electron chi connectivity index (χ2n) is 13.4. The molecular formula is C48H40O6S2. The van der Waals surface area contributed by atoms with Crippen LogP contribution in [0.5, 0.6) is 23.0 Å². The molecule has 8 aromatic rings. The number of thiophene rings is 2. The van der Waals surface area contributed by atoms with E-state index in [-0.39, 0.29) is 0 Å². The number of hydrogen-bond acceptors (Lipinski definition) is 8. The van der Waals surface area contributed by atoms with Gasteiger partial charge in [-0.2, -0.15) is 0 Å². The first kappa shape index (κ1) is 37.0. The fourth-order valence-corrected chi connectivity index (χ4v) is 9.89. The van der Waals surface area contributed by atoms with Gasteiger partial charge in [0, 0.05) is 30.3 Å². The van der Waals surface area contributed by atoms with E-state index in [4.69, 9.17) is 18.9 Å². The van der Waals surface area contributed by atoms with Crippen molar-refractivity contribution in [2.45, 2.75) is 11.2 Å². The van der Waals surface area contributed by atoms with E-state index in [1.807, 2.05) is 133 Å². The van der Waals surface area contributed by atoms with Crippen LogP contribution < -0.4 is 18.9 Å². The molecule has 0 atom stereocenters. The molecule has 6 nitrogen and oxygen atoms in total. The summed E-state index contributed by atoms with van der Waals surface area (Å²) in [6.07, 6.45) is 0. The molecular weight excluding hydrogens is 737 g/mol. The summed E-state index contributed by atoms with van der Waals surface area (Å²) in [5.41, 5.74) is 3.30. The quantitative estimate of drug-likeness (QED) is 0.120. The van der Waals surface area contributed by atoms with Crippen molar-refractivity contribution in [2.24, 2.45) is 0 Å². The third-order valence-electron chi connectivity index (χ3n) is 10.4. The molecule has 2 N–H and O–H groups in total. The lowest BCUT2D eigenvalue weighted by Gasteiger charge is -2.32. The number of ether oxygens (including phenoxy) is 4. The number of benzene rings is 6. The molecule has 56 heavy (non-hydrogen) atoms. The number of methoxy groups -OCH3 is 4. The maximum atomic E-state index is 13.0. The Bertz CT molecular complexity index is 2280. The summed E-state index contributed by atoms with van der Waals surface area (Å²) >= 11 is 3.36. The average Bonchev–Trinajstić information content (AvgIpc) is 3.86. The van der Waals surface area contributed by atoms with E-state index >= 15 is 0 Å². The molecule has 8 rings (SSSR count). The van der Waals surface area contributed by atoms with Crippen molar-refractivity contribution in [3.8, 4) is 43.9 Å². The van der Waals surface area contributed by atoms with Gasteiger partial charge < -0.3 is 29.2 Å². The van der Waals surface area contributed by atoms with Crippen molar-refractivity contribution in [3.63, 3.8) is 0 Å². The van der Waals surface area contributed by atoms with Gasteiger partial charge in [0.05, 0.1) is 28.4 Å². The Kier molecular flexibility index (Phi) is 10.1. The average molecular weight is 777 g/mol. The first-order valence-corrected chi connectivity index (χ1v) is 19.7. The number of hydrogen-bond donors (Lipinski definition) is 2. The van der Waals surface area contributed by atoms with Crippen LogP contribution in [0.2, 0.25) is 0 Å². The van der Waals surface area contributed by atoms with Gasteiger partial charge >= 0.3 is 0 Å². The van der Waals surface area contributed by atoms with E-state index in [2.05, 4.69) is 24.3 Å². The minimum atomic E-state index is -1.48. The van der Waals surface area contributed by atoms with Crippen LogP contribution in [0.4, 0.5) is 0 Å². The minimum absolute atomic E-state index is 0.710. The molecule has 0 aliphatic heterocycles. The second-order valence-corrected chi connectivity index (χ2v) is 15.5. The van der Waals surface area contributed by atoms with Gasteiger partial charge in [0.15, 0.2) is 0 Å². The summed E-state index contributed by atoms with van der Waals surface area (Å²) in [5, 5.41) is 25.9. The zero-order chi connectivity index (χ0) is 38.9. The number of fused-ring (bicyclic) bond motifs is 1. The molecule has 2 aromatic heterocycles. The van der Waals surface area contributed by atoms with Gasteiger partial charge in [-0.3, -0.25) is 0 Å². The second kappa shape index (κ2) is 15.3. The Hall–Kier alpha value is -5.90. The third-order valence-corrected chi connectivity index (χ3v) is 12.8. The zero-order valence-electron chi connectivity index (χ0n) is 31.4. The first-order valence-electron chi connectivity index (χ1n) is 18.1. The van der Waals surface area contributed by atoms with Crippen molar-refractivity contribution in [1.82, 2.24) is 0 Å². The molecule has 0 fully saturated rings. The summed E-state index contributed by atoms with van der Waals surface area (Å²) in [5.74, 6) is 2.84. The van der Waals surface area contributed by atoms with Gasteiger partial charge in [0.1, 0.15) is 34.2 Å². The lowest BCUT2D eigenvalue weighted by atomic mass is 9.78. The normalized spacial score (nSPS) is 11.8. The lowest BCUT2D eigenvalue weighted by Crippen LogP contribution is -2.29. The Balaban J connectivity index is 1.23. The van der Waals surface area contributed by atoms with Gasteiger partial charge in [-0.15, -0.1) is 22.7 Å². The van der Waals surface area contributed by atoms with Crippen molar-refractivity contribution in [1.29, 1.82) is 0 Å². The molecule has 0 saturated heterocycles. The highest BCUT2D eigenvalue weighted by Crippen LogP contribution is 2.49. The molecule has 0 bridgehead atoms. The highest BCUT2D eigenvalue weighted by Gasteiger charge is 2.38. The molecule has 0 spiro atoms. The van der Waals surface area contributed by atoms with Crippen LogP contribution in [0.25, 0.3) is 30.3 Å². The van der Waals surface area contributed by atoms with Crippen LogP contribution >= 0.6 is 22.7 Å². The van der Waals surface area contributed by atoms with Crippen LogP contribution in [0.3, 0.4) is 0 Å². The SMILES string of the molecule is COc1ccc(C(O)(c2ccc(OC)cc2)c2ccccc2-c2cc3sc(-c4ccccc4C(O)(c4ccc(OC)cc4)c4ccc(OC)cc4)cc3s2)cc1. The summed E-state index contributed by atoms with van der Waals surface area (Å²) in [4.78, 5) is 2.07. The third kappa shape index (κ3) is 6.50. The summed E-state index contributed by atoms with van der Waals surface area (Å²) < 4.78 is 24.0. The fraction of sp³-hybridized carbons (Fsp3) is 0.125. The van der Waals surface area contributed by atoms with Crippen LogP contribution in [-0.2, 0) is 11.2 Å². The summed E-state index contributed by atoms with van der Waals surface area (Å²) in [6.45, 7) is 0. The van der Waals surface area contributed by atoms with Crippen molar-refractivity contribution >= 4 is 32.1 Å². The molecule has 0 radical (unpaired) electrons. The molecule has 0 aliphatic rings. The van der Waals surface area contributed by atoms with E-state index in [0.717, 1.165) is 63.7 Å². The Morgan fingerprint density at radius 1 is 0.375 bits per heavy atom. The molecule has 0 aliphatic carbocycles. The van der Waals surface area contributed by atoms with E-state index in [1.165, 1.54) is 0 Å². The maximum Gasteiger partial charge on any atom is 0.141 e. The molecule has 6 aromatic carbocycles. The molecule has 0 unspecified atom stereocenters. The monoisotopic (exact) mass is 776 g/mol. The van der Waals surface area contributed by atoms with Crippen LogP contribution in [0.15, 0.2) is 158 Å². The highest BCUT2D eigenvalue weighted by molar-refractivity contribution is 7.31. The smallest absolute Gasteiger partial charge is 0.141 e. The summed E-state index contributed by atoms with van der Waals surface area (Å²) in [7, 11) is 6.53. The lowest BCUT2D eigenvalue weighted by molar-refractivity contribution is 0.126. The van der Waals surface area contributed by atoms with Crippen LogP contribution in [0, 0.1) is 0 Å². The highest BCUT2D eigenvalue weighted by atomic mass is 32.1. The number of aliphatic hydroxyl groups is 2. The van der Waals surface area contributed by atoms with Gasteiger partial charge in [0.2, 0.25) is 0 Å². The molecule has 0 amide bonds. The predicted molar refractivity (Wildman–Crippen MR) is 227 cm³/mol. The number of rotatable bonds is 12. The van der Waals surface area contributed by atoms with Gasteiger partial charge in [0.25, 0.3) is 0 Å². The Morgan fingerprint density at radius 3 is 0.911 bits per heavy atom. The predicted octanol–water partition coefficient (Wildman–Crippen LogP) is 10.9. The minimum Gasteiger partial charge on any atom is -0.497 e. The van der Waals surface area contributed by atoms with Gasteiger partial charge in [-0.05, 0) is 94.0 Å².